The van der Waals surface area contributed by atoms with E-state index in [-0.39, 0.29) is 0 Å². The van der Waals surface area contributed by atoms with E-state index in [4.69, 9.17) is 9.47 Å². The van der Waals surface area contributed by atoms with E-state index in [1.165, 1.54) is 5.56 Å². The van der Waals surface area contributed by atoms with E-state index in [1.807, 2.05) is 26.0 Å². The van der Waals surface area contributed by atoms with Gasteiger partial charge in [-0.25, -0.2) is 0 Å². The van der Waals surface area contributed by atoms with Crippen LogP contribution in [0.2, 0.25) is 0 Å². The van der Waals surface area contributed by atoms with E-state index < -0.39 is 0 Å². The van der Waals surface area contributed by atoms with Crippen molar-refractivity contribution in [3.63, 3.8) is 0 Å². The van der Waals surface area contributed by atoms with Gasteiger partial charge in [0.25, 0.3) is 0 Å². The van der Waals surface area contributed by atoms with Gasteiger partial charge in [0.1, 0.15) is 12.4 Å². The lowest BCUT2D eigenvalue weighted by atomic mass is 10.1. The SMILES string of the molecule is CC.Cc1ccc(OCCN2CCC(OC(C)C)CC2)cc1. The molecule has 0 saturated carbocycles. The van der Waals surface area contributed by atoms with Gasteiger partial charge in [-0.2, -0.15) is 0 Å². The quantitative estimate of drug-likeness (QED) is 0.782. The Morgan fingerprint density at radius 1 is 1.09 bits per heavy atom. The Morgan fingerprint density at radius 2 is 1.68 bits per heavy atom. The van der Waals surface area contributed by atoms with Crippen molar-refractivity contribution in [2.24, 2.45) is 0 Å². The first-order valence-electron chi connectivity index (χ1n) is 8.71. The molecule has 1 fully saturated rings. The Bertz CT molecular complexity index is 381. The fraction of sp³-hybridized carbons (Fsp3) is 0.684. The normalized spacial score (nSPS) is 16.3. The van der Waals surface area contributed by atoms with Gasteiger partial charge in [0.2, 0.25) is 0 Å². The maximum atomic E-state index is 5.87. The van der Waals surface area contributed by atoms with Crippen molar-refractivity contribution in [1.82, 2.24) is 4.90 Å². The molecule has 3 heteroatoms. The molecule has 0 bridgehead atoms. The molecule has 0 aliphatic carbocycles. The molecule has 1 aromatic carbocycles. The summed E-state index contributed by atoms with van der Waals surface area (Å²) < 4.78 is 11.6. The van der Waals surface area contributed by atoms with Gasteiger partial charge >= 0.3 is 0 Å². The standard InChI is InChI=1S/C17H27NO2.C2H6/c1-14(2)20-17-8-10-18(11-9-17)12-13-19-16-6-4-15(3)5-7-16;1-2/h4-7,14,17H,8-13H2,1-3H3;1-2H3. The Balaban J connectivity index is 0.00000116. The smallest absolute Gasteiger partial charge is 0.119 e. The van der Waals surface area contributed by atoms with E-state index in [9.17, 15) is 0 Å². The number of nitrogens with zero attached hydrogens (tertiary/aromatic N) is 1. The summed E-state index contributed by atoms with van der Waals surface area (Å²) >= 11 is 0. The highest BCUT2D eigenvalue weighted by atomic mass is 16.5. The third-order valence-electron chi connectivity index (χ3n) is 3.70. The molecule has 2 rings (SSSR count). The fourth-order valence-electron chi connectivity index (χ4n) is 2.58. The van der Waals surface area contributed by atoms with Crippen molar-refractivity contribution < 1.29 is 9.47 Å². The molecule has 3 nitrogen and oxygen atoms in total. The Morgan fingerprint density at radius 3 is 2.23 bits per heavy atom. The molecule has 0 amide bonds. The van der Waals surface area contributed by atoms with Gasteiger partial charge in [-0.3, -0.25) is 4.90 Å². The monoisotopic (exact) mass is 307 g/mol. The van der Waals surface area contributed by atoms with E-state index in [2.05, 4.69) is 37.8 Å². The lowest BCUT2D eigenvalue weighted by molar-refractivity contribution is -0.0279. The molecule has 0 N–H and O–H groups in total. The predicted octanol–water partition coefficient (Wildman–Crippen LogP) is 4.29. The highest BCUT2D eigenvalue weighted by Crippen LogP contribution is 2.16. The Labute approximate surface area is 136 Å². The molecular formula is C19H33NO2. The summed E-state index contributed by atoms with van der Waals surface area (Å²) in [6, 6.07) is 8.25. The molecule has 22 heavy (non-hydrogen) atoms. The minimum absolute atomic E-state index is 0.344. The second-order valence-electron chi connectivity index (χ2n) is 5.89. The number of hydrogen-bond acceptors (Lipinski definition) is 3. The summed E-state index contributed by atoms with van der Waals surface area (Å²) in [5.41, 5.74) is 1.27. The summed E-state index contributed by atoms with van der Waals surface area (Å²) in [5, 5.41) is 0. The summed E-state index contributed by atoms with van der Waals surface area (Å²) in [5.74, 6) is 0.966. The average Bonchev–Trinajstić information content (AvgIpc) is 2.52. The van der Waals surface area contributed by atoms with Gasteiger partial charge in [-0.15, -0.1) is 0 Å². The topological polar surface area (TPSA) is 21.7 Å². The number of aryl methyl sites for hydroxylation is 1. The number of benzene rings is 1. The second kappa shape index (κ2) is 10.6. The van der Waals surface area contributed by atoms with Crippen molar-refractivity contribution in [2.45, 2.75) is 59.7 Å². The molecule has 0 aromatic heterocycles. The minimum atomic E-state index is 0.344. The average molecular weight is 307 g/mol. The summed E-state index contributed by atoms with van der Waals surface area (Å²) in [4.78, 5) is 2.47. The zero-order chi connectivity index (χ0) is 16.4. The molecule has 0 unspecified atom stereocenters. The number of likely N-dealkylation sites (tertiary alicyclic amines) is 1. The van der Waals surface area contributed by atoms with E-state index in [0.717, 1.165) is 44.8 Å². The van der Waals surface area contributed by atoms with Gasteiger partial charge in [0.05, 0.1) is 12.2 Å². The van der Waals surface area contributed by atoms with Crippen molar-refractivity contribution in [3.8, 4) is 5.75 Å². The van der Waals surface area contributed by atoms with Crippen LogP contribution in [0.5, 0.6) is 5.75 Å². The third-order valence-corrected chi connectivity index (χ3v) is 3.70. The van der Waals surface area contributed by atoms with Crippen LogP contribution in [0, 0.1) is 6.92 Å². The zero-order valence-electron chi connectivity index (χ0n) is 15.0. The maximum absolute atomic E-state index is 5.87. The van der Waals surface area contributed by atoms with Crippen LogP contribution in [-0.4, -0.2) is 43.3 Å². The number of piperidine rings is 1. The molecule has 0 atom stereocenters. The molecule has 0 radical (unpaired) electrons. The van der Waals surface area contributed by atoms with Crippen LogP contribution < -0.4 is 4.74 Å². The molecule has 0 spiro atoms. The first-order valence-corrected chi connectivity index (χ1v) is 8.71. The van der Waals surface area contributed by atoms with E-state index in [1.54, 1.807) is 0 Å². The molecule has 1 aromatic rings. The van der Waals surface area contributed by atoms with Gasteiger partial charge in [0.15, 0.2) is 0 Å². The van der Waals surface area contributed by atoms with Gasteiger partial charge in [-0.1, -0.05) is 31.5 Å². The van der Waals surface area contributed by atoms with Crippen molar-refractivity contribution in [3.05, 3.63) is 29.8 Å². The second-order valence-corrected chi connectivity index (χ2v) is 5.89. The van der Waals surface area contributed by atoms with Crippen LogP contribution in [0.15, 0.2) is 24.3 Å². The summed E-state index contributed by atoms with van der Waals surface area (Å²) in [6.45, 7) is 14.3. The van der Waals surface area contributed by atoms with Crippen molar-refractivity contribution in [2.75, 3.05) is 26.2 Å². The van der Waals surface area contributed by atoms with Crippen molar-refractivity contribution >= 4 is 0 Å². The maximum Gasteiger partial charge on any atom is 0.119 e. The number of ether oxygens (including phenoxy) is 2. The Hall–Kier alpha value is -1.06. The van der Waals surface area contributed by atoms with Crippen LogP contribution in [-0.2, 0) is 4.74 Å². The zero-order valence-corrected chi connectivity index (χ0v) is 15.0. The lowest BCUT2D eigenvalue weighted by Gasteiger charge is -2.32. The van der Waals surface area contributed by atoms with Crippen LogP contribution in [0.1, 0.15) is 46.1 Å². The van der Waals surface area contributed by atoms with Crippen LogP contribution in [0.3, 0.4) is 0 Å². The molecule has 1 aliphatic rings. The lowest BCUT2D eigenvalue weighted by Crippen LogP contribution is -2.39. The molecule has 126 valence electrons. The molecule has 1 aliphatic heterocycles. The summed E-state index contributed by atoms with van der Waals surface area (Å²) in [7, 11) is 0. The third kappa shape index (κ3) is 7.28. The van der Waals surface area contributed by atoms with E-state index in [0.29, 0.717) is 12.2 Å². The van der Waals surface area contributed by atoms with Crippen LogP contribution in [0.25, 0.3) is 0 Å². The first kappa shape index (κ1) is 19.0. The largest absolute Gasteiger partial charge is 0.492 e. The molecule has 1 heterocycles. The molecular weight excluding hydrogens is 274 g/mol. The first-order chi connectivity index (χ1) is 10.6. The number of hydrogen-bond donors (Lipinski definition) is 0. The van der Waals surface area contributed by atoms with Gasteiger partial charge in [0, 0.05) is 19.6 Å². The minimum Gasteiger partial charge on any atom is -0.492 e. The van der Waals surface area contributed by atoms with Gasteiger partial charge in [-0.05, 0) is 45.7 Å². The Kier molecular flexibility index (Phi) is 9.17. The predicted molar refractivity (Wildman–Crippen MR) is 93.7 cm³/mol. The van der Waals surface area contributed by atoms with Crippen LogP contribution >= 0.6 is 0 Å². The summed E-state index contributed by atoms with van der Waals surface area (Å²) in [6.07, 6.45) is 3.08. The highest BCUT2D eigenvalue weighted by molar-refractivity contribution is 5.26. The number of rotatable bonds is 6. The van der Waals surface area contributed by atoms with Gasteiger partial charge < -0.3 is 9.47 Å². The van der Waals surface area contributed by atoms with Crippen LogP contribution in [0.4, 0.5) is 0 Å². The molecule has 1 saturated heterocycles. The highest BCUT2D eigenvalue weighted by Gasteiger charge is 2.20. The fourth-order valence-corrected chi connectivity index (χ4v) is 2.58. The van der Waals surface area contributed by atoms with E-state index >= 15 is 0 Å². The van der Waals surface area contributed by atoms with Crippen molar-refractivity contribution in [1.29, 1.82) is 0 Å².